The molecular formula is C16H22N4O3. The molecule has 2 aromatic rings. The highest BCUT2D eigenvalue weighted by Crippen LogP contribution is 2.40. The normalized spacial score (nSPS) is 15.6. The average Bonchev–Trinajstić information content (AvgIpc) is 3.12. The molecule has 7 heteroatoms. The standard InChI is InChI=1S/C16H22N4O3/c1-4-22-8-7-17-14(21)11-10(2)23-15-12(11)13(18-9-19-15)20-16(3)5-6-16/h9H,4-8H2,1-3H3,(H,17,21)(H,18,19,20). The van der Waals surface area contributed by atoms with Crippen LogP contribution in [0.25, 0.3) is 11.1 Å². The number of amides is 1. The Hall–Kier alpha value is -2.15. The number of furan rings is 1. The molecule has 0 unspecified atom stereocenters. The molecule has 2 heterocycles. The fraction of sp³-hybridized carbons (Fsp3) is 0.562. The highest BCUT2D eigenvalue weighted by molar-refractivity contribution is 6.10. The van der Waals surface area contributed by atoms with Crippen LogP contribution in [0.15, 0.2) is 10.7 Å². The fourth-order valence-corrected chi connectivity index (χ4v) is 2.48. The van der Waals surface area contributed by atoms with Crippen molar-refractivity contribution < 1.29 is 13.9 Å². The Labute approximate surface area is 134 Å². The van der Waals surface area contributed by atoms with Crippen LogP contribution in [0.2, 0.25) is 0 Å². The molecule has 0 atom stereocenters. The van der Waals surface area contributed by atoms with Crippen molar-refractivity contribution in [2.24, 2.45) is 0 Å². The number of hydrogen-bond donors (Lipinski definition) is 2. The first-order valence-corrected chi connectivity index (χ1v) is 7.92. The van der Waals surface area contributed by atoms with Crippen LogP contribution < -0.4 is 10.6 Å². The lowest BCUT2D eigenvalue weighted by Crippen LogP contribution is -2.28. The molecule has 2 N–H and O–H groups in total. The van der Waals surface area contributed by atoms with Gasteiger partial charge in [0.2, 0.25) is 5.71 Å². The van der Waals surface area contributed by atoms with Gasteiger partial charge >= 0.3 is 0 Å². The van der Waals surface area contributed by atoms with Crippen LogP contribution in [0.1, 0.15) is 42.8 Å². The van der Waals surface area contributed by atoms with Crippen molar-refractivity contribution in [3.05, 3.63) is 17.7 Å². The number of nitrogens with one attached hydrogen (secondary N) is 2. The first-order chi connectivity index (χ1) is 11.0. The Kier molecular flexibility index (Phi) is 4.21. The van der Waals surface area contributed by atoms with Gasteiger partial charge in [-0.2, -0.15) is 0 Å². The van der Waals surface area contributed by atoms with Gasteiger partial charge in [0.25, 0.3) is 5.91 Å². The zero-order valence-corrected chi connectivity index (χ0v) is 13.7. The summed E-state index contributed by atoms with van der Waals surface area (Å²) in [6.07, 6.45) is 3.63. The lowest BCUT2D eigenvalue weighted by atomic mass is 10.1. The van der Waals surface area contributed by atoms with Crippen LogP contribution in [0.3, 0.4) is 0 Å². The minimum atomic E-state index is -0.195. The summed E-state index contributed by atoms with van der Waals surface area (Å²) in [5.41, 5.74) is 0.970. The molecule has 1 amide bonds. The van der Waals surface area contributed by atoms with Gasteiger partial charge in [-0.3, -0.25) is 4.79 Å². The van der Waals surface area contributed by atoms with E-state index >= 15 is 0 Å². The van der Waals surface area contributed by atoms with E-state index in [4.69, 9.17) is 9.15 Å². The molecule has 0 aliphatic heterocycles. The summed E-state index contributed by atoms with van der Waals surface area (Å²) in [6.45, 7) is 7.38. The quantitative estimate of drug-likeness (QED) is 0.761. The maximum absolute atomic E-state index is 12.5. The molecular weight excluding hydrogens is 296 g/mol. The number of hydrogen-bond acceptors (Lipinski definition) is 6. The second-order valence-electron chi connectivity index (χ2n) is 6.07. The smallest absolute Gasteiger partial charge is 0.255 e. The van der Waals surface area contributed by atoms with Gasteiger partial charge in [-0.15, -0.1) is 0 Å². The zero-order chi connectivity index (χ0) is 16.4. The van der Waals surface area contributed by atoms with E-state index in [1.54, 1.807) is 6.92 Å². The van der Waals surface area contributed by atoms with E-state index in [0.29, 0.717) is 48.0 Å². The SMILES string of the molecule is CCOCCNC(=O)c1c(C)oc2ncnc(NC3(C)CC3)c12. The Morgan fingerprint density at radius 1 is 1.43 bits per heavy atom. The van der Waals surface area contributed by atoms with E-state index in [1.807, 2.05) is 6.92 Å². The molecule has 0 aromatic carbocycles. The number of carbonyl (C=O) groups is 1. The van der Waals surface area contributed by atoms with Crippen molar-refractivity contribution in [2.75, 3.05) is 25.1 Å². The number of anilines is 1. The van der Waals surface area contributed by atoms with Crippen molar-refractivity contribution in [3.8, 4) is 0 Å². The van der Waals surface area contributed by atoms with Gasteiger partial charge in [0, 0.05) is 18.7 Å². The zero-order valence-electron chi connectivity index (χ0n) is 13.7. The molecule has 7 nitrogen and oxygen atoms in total. The van der Waals surface area contributed by atoms with Gasteiger partial charge in [-0.25, -0.2) is 9.97 Å². The minimum Gasteiger partial charge on any atom is -0.442 e. The molecule has 0 saturated heterocycles. The third kappa shape index (κ3) is 3.29. The maximum atomic E-state index is 12.5. The summed E-state index contributed by atoms with van der Waals surface area (Å²) in [4.78, 5) is 21.0. The van der Waals surface area contributed by atoms with E-state index in [-0.39, 0.29) is 11.4 Å². The van der Waals surface area contributed by atoms with Gasteiger partial charge < -0.3 is 19.8 Å². The number of aromatic nitrogens is 2. The van der Waals surface area contributed by atoms with Crippen LogP contribution in [0.4, 0.5) is 5.82 Å². The Balaban J connectivity index is 1.89. The molecule has 23 heavy (non-hydrogen) atoms. The lowest BCUT2D eigenvalue weighted by molar-refractivity contribution is 0.0922. The molecule has 0 spiro atoms. The molecule has 124 valence electrons. The van der Waals surface area contributed by atoms with E-state index < -0.39 is 0 Å². The topological polar surface area (TPSA) is 89.3 Å². The molecule has 1 saturated carbocycles. The number of carbonyl (C=O) groups excluding carboxylic acids is 1. The van der Waals surface area contributed by atoms with Gasteiger partial charge in [0.15, 0.2) is 0 Å². The highest BCUT2D eigenvalue weighted by atomic mass is 16.5. The molecule has 0 radical (unpaired) electrons. The Bertz CT molecular complexity index is 721. The summed E-state index contributed by atoms with van der Waals surface area (Å²) < 4.78 is 10.9. The van der Waals surface area contributed by atoms with Crippen molar-refractivity contribution in [2.45, 2.75) is 39.2 Å². The second kappa shape index (κ2) is 6.16. The number of fused-ring (bicyclic) bond motifs is 1. The summed E-state index contributed by atoms with van der Waals surface area (Å²) in [5, 5.41) is 6.90. The summed E-state index contributed by atoms with van der Waals surface area (Å²) in [5.74, 6) is 1.000. The molecule has 1 aliphatic carbocycles. The predicted molar refractivity (Wildman–Crippen MR) is 86.6 cm³/mol. The highest BCUT2D eigenvalue weighted by Gasteiger charge is 2.38. The van der Waals surface area contributed by atoms with Crippen molar-refractivity contribution in [3.63, 3.8) is 0 Å². The summed E-state index contributed by atoms with van der Waals surface area (Å²) >= 11 is 0. The maximum Gasteiger partial charge on any atom is 0.255 e. The van der Waals surface area contributed by atoms with Gasteiger partial charge in [-0.1, -0.05) is 0 Å². The second-order valence-corrected chi connectivity index (χ2v) is 6.07. The van der Waals surface area contributed by atoms with Crippen LogP contribution in [0.5, 0.6) is 0 Å². The molecule has 1 fully saturated rings. The van der Waals surface area contributed by atoms with Crippen LogP contribution in [0, 0.1) is 6.92 Å². The predicted octanol–water partition coefficient (Wildman–Crippen LogP) is 2.26. The van der Waals surface area contributed by atoms with E-state index in [1.165, 1.54) is 6.33 Å². The monoisotopic (exact) mass is 318 g/mol. The van der Waals surface area contributed by atoms with Crippen LogP contribution in [-0.4, -0.2) is 41.2 Å². The largest absolute Gasteiger partial charge is 0.442 e. The van der Waals surface area contributed by atoms with E-state index in [0.717, 1.165) is 12.8 Å². The lowest BCUT2D eigenvalue weighted by Gasteiger charge is -2.13. The van der Waals surface area contributed by atoms with Crippen LogP contribution >= 0.6 is 0 Å². The number of nitrogens with zero attached hydrogens (tertiary/aromatic N) is 2. The molecule has 3 rings (SSSR count). The summed E-state index contributed by atoms with van der Waals surface area (Å²) in [6, 6.07) is 0. The van der Waals surface area contributed by atoms with E-state index in [2.05, 4.69) is 27.5 Å². The fourth-order valence-electron chi connectivity index (χ4n) is 2.48. The number of ether oxygens (including phenoxy) is 1. The van der Waals surface area contributed by atoms with E-state index in [9.17, 15) is 4.79 Å². The van der Waals surface area contributed by atoms with Crippen molar-refractivity contribution in [1.82, 2.24) is 15.3 Å². The summed E-state index contributed by atoms with van der Waals surface area (Å²) in [7, 11) is 0. The molecule has 2 aromatic heterocycles. The third-order valence-electron chi connectivity index (χ3n) is 4.05. The first kappa shape index (κ1) is 15.7. The third-order valence-corrected chi connectivity index (χ3v) is 4.05. The van der Waals surface area contributed by atoms with Crippen molar-refractivity contribution >= 4 is 22.8 Å². The number of aryl methyl sites for hydroxylation is 1. The minimum absolute atomic E-state index is 0.0508. The molecule has 0 bridgehead atoms. The first-order valence-electron chi connectivity index (χ1n) is 7.92. The molecule has 1 aliphatic rings. The van der Waals surface area contributed by atoms with Gasteiger partial charge in [0.05, 0.1) is 17.6 Å². The number of rotatable bonds is 7. The van der Waals surface area contributed by atoms with Gasteiger partial charge in [0.1, 0.15) is 17.9 Å². The van der Waals surface area contributed by atoms with Crippen LogP contribution in [-0.2, 0) is 4.74 Å². The van der Waals surface area contributed by atoms with Gasteiger partial charge in [-0.05, 0) is 33.6 Å². The average molecular weight is 318 g/mol. The Morgan fingerprint density at radius 2 is 2.22 bits per heavy atom. The van der Waals surface area contributed by atoms with Crippen molar-refractivity contribution in [1.29, 1.82) is 0 Å². The Morgan fingerprint density at radius 3 is 2.91 bits per heavy atom.